The van der Waals surface area contributed by atoms with E-state index in [1.807, 2.05) is 47.4 Å². The number of anilines is 5. The predicted octanol–water partition coefficient (Wildman–Crippen LogP) is 11.7. The molecule has 8 aromatic carbocycles. The van der Waals surface area contributed by atoms with E-state index in [1.54, 1.807) is 17.8 Å². The van der Waals surface area contributed by atoms with Gasteiger partial charge in [-0.2, -0.15) is 0 Å². The minimum absolute atomic E-state index is 0.352. The maximum Gasteiger partial charge on any atom is 0.206 e. The number of nitrogens with zero attached hydrogens (tertiary/aromatic N) is 2. The number of fused-ring (bicyclic) bond motifs is 9. The maximum atomic E-state index is 14.6. The third kappa shape index (κ3) is 4.21. The topological polar surface area (TPSA) is 40.6 Å². The van der Waals surface area contributed by atoms with Crippen molar-refractivity contribution in [2.24, 2.45) is 0 Å². The average Bonchev–Trinajstić information content (AvgIpc) is 3.40. The Morgan fingerprint density at radius 2 is 1.02 bits per heavy atom. The van der Waals surface area contributed by atoms with Gasteiger partial charge in [0.05, 0.1) is 22.0 Å². The summed E-state index contributed by atoms with van der Waals surface area (Å²) in [5, 5.41) is 6.05. The van der Waals surface area contributed by atoms with Crippen LogP contribution >= 0.6 is 11.8 Å². The lowest BCUT2D eigenvalue weighted by molar-refractivity contribution is 0.589. The molecule has 0 bridgehead atoms. The molecule has 0 aliphatic carbocycles. The van der Waals surface area contributed by atoms with Crippen LogP contribution in [0.3, 0.4) is 0 Å². The Hall–Kier alpha value is -5.56. The average molecular weight is 669 g/mol. The van der Waals surface area contributed by atoms with E-state index >= 15 is 0 Å². The molecule has 2 heterocycles. The SMILES string of the molecule is O=S1(=O)c2ccccc2N(c2ccc3c4ccccc4c4ccccc4c3c2)C1c1ccc2c(c1)Sc1ccccc1N2c1ccccc1. The van der Waals surface area contributed by atoms with E-state index in [0.717, 1.165) is 54.3 Å². The molecule has 10 rings (SSSR count). The van der Waals surface area contributed by atoms with Crippen LogP contribution in [0.25, 0.3) is 32.3 Å². The Morgan fingerprint density at radius 1 is 0.449 bits per heavy atom. The van der Waals surface area contributed by atoms with Crippen LogP contribution < -0.4 is 9.80 Å². The molecule has 0 saturated carbocycles. The molecule has 1 atom stereocenters. The summed E-state index contributed by atoms with van der Waals surface area (Å²) in [5.41, 5.74) is 5.47. The number of hydrogen-bond acceptors (Lipinski definition) is 5. The van der Waals surface area contributed by atoms with Crippen LogP contribution in [-0.2, 0) is 9.84 Å². The molecule has 0 N–H and O–H groups in total. The molecule has 8 aromatic rings. The molecule has 0 amide bonds. The molecular formula is C43H28N2O2S2. The lowest BCUT2D eigenvalue weighted by atomic mass is 9.94. The van der Waals surface area contributed by atoms with E-state index in [9.17, 15) is 8.42 Å². The Morgan fingerprint density at radius 3 is 1.76 bits per heavy atom. The van der Waals surface area contributed by atoms with Gasteiger partial charge in [0.1, 0.15) is 0 Å². The summed E-state index contributed by atoms with van der Waals surface area (Å²) in [6.07, 6.45) is 0. The zero-order valence-electron chi connectivity index (χ0n) is 26.2. The van der Waals surface area contributed by atoms with Crippen molar-refractivity contribution in [3.63, 3.8) is 0 Å². The first-order chi connectivity index (χ1) is 24.1. The lowest BCUT2D eigenvalue weighted by Crippen LogP contribution is -2.24. The van der Waals surface area contributed by atoms with Gasteiger partial charge in [0.25, 0.3) is 0 Å². The van der Waals surface area contributed by atoms with Gasteiger partial charge in [0.15, 0.2) is 5.37 Å². The standard InChI is InChI=1S/C43H28N2O2S2/c46-49(47)42-21-11-9-19-39(42)45(30-23-24-35-33-16-5-4-14-31(33)32-15-6-7-17-34(32)36(35)27-30)43(49)28-22-25-38-41(26-28)48-40-20-10-8-18-37(40)44(38)29-12-2-1-3-13-29/h1-27,43H. The van der Waals surface area contributed by atoms with Gasteiger partial charge >= 0.3 is 0 Å². The fourth-order valence-corrected chi connectivity index (χ4v) is 10.8. The summed E-state index contributed by atoms with van der Waals surface area (Å²) >= 11 is 1.68. The van der Waals surface area contributed by atoms with Crippen LogP contribution in [0.4, 0.5) is 28.4 Å². The zero-order chi connectivity index (χ0) is 32.7. The molecule has 0 radical (unpaired) electrons. The van der Waals surface area contributed by atoms with Crippen molar-refractivity contribution in [3.8, 4) is 0 Å². The van der Waals surface area contributed by atoms with Gasteiger partial charge < -0.3 is 9.80 Å². The Labute approximate surface area is 288 Å². The largest absolute Gasteiger partial charge is 0.319 e. The van der Waals surface area contributed by atoms with Gasteiger partial charge in [-0.05, 0) is 98.5 Å². The van der Waals surface area contributed by atoms with Crippen LogP contribution in [0.1, 0.15) is 10.9 Å². The fourth-order valence-electron chi connectivity index (χ4n) is 7.71. The second-order valence-corrected chi connectivity index (χ2v) is 15.6. The molecule has 0 aromatic heterocycles. The molecule has 2 aliphatic rings. The highest BCUT2D eigenvalue weighted by atomic mass is 32.2. The van der Waals surface area contributed by atoms with E-state index in [2.05, 4.69) is 120 Å². The molecule has 49 heavy (non-hydrogen) atoms. The van der Waals surface area contributed by atoms with Gasteiger partial charge in [-0.3, -0.25) is 0 Å². The first-order valence-corrected chi connectivity index (χ1v) is 18.7. The van der Waals surface area contributed by atoms with Crippen molar-refractivity contribution >= 4 is 82.4 Å². The maximum absolute atomic E-state index is 14.6. The number of rotatable bonds is 3. The van der Waals surface area contributed by atoms with Gasteiger partial charge in [-0.15, -0.1) is 0 Å². The van der Waals surface area contributed by atoms with Crippen LogP contribution in [0.15, 0.2) is 178 Å². The first kappa shape index (κ1) is 28.5. The molecule has 1 unspecified atom stereocenters. The van der Waals surface area contributed by atoms with E-state index in [0.29, 0.717) is 10.6 Å². The lowest BCUT2D eigenvalue weighted by Gasteiger charge is -2.34. The normalized spacial score (nSPS) is 16.1. The molecule has 2 aliphatic heterocycles. The Kier molecular flexibility index (Phi) is 6.23. The highest BCUT2D eigenvalue weighted by molar-refractivity contribution is 7.99. The molecule has 0 saturated heterocycles. The molecule has 0 spiro atoms. The Bertz CT molecular complexity index is 2710. The molecule has 6 heteroatoms. The van der Waals surface area contributed by atoms with Crippen molar-refractivity contribution < 1.29 is 8.42 Å². The van der Waals surface area contributed by atoms with E-state index in [1.165, 1.54) is 16.2 Å². The van der Waals surface area contributed by atoms with Crippen LogP contribution in [0, 0.1) is 0 Å². The summed E-state index contributed by atoms with van der Waals surface area (Å²) in [5.74, 6) is 0. The van der Waals surface area contributed by atoms with Crippen LogP contribution in [0.5, 0.6) is 0 Å². The number of benzene rings is 8. The highest BCUT2D eigenvalue weighted by Crippen LogP contribution is 2.55. The fraction of sp³-hybridized carbons (Fsp3) is 0.0233. The third-order valence-corrected chi connectivity index (χ3v) is 13.0. The minimum Gasteiger partial charge on any atom is -0.319 e. The summed E-state index contributed by atoms with van der Waals surface area (Å²) in [6, 6.07) is 55.7. The van der Waals surface area contributed by atoms with E-state index in [-0.39, 0.29) is 0 Å². The molecule has 234 valence electrons. The summed E-state index contributed by atoms with van der Waals surface area (Å²) in [7, 11) is -3.78. The number of hydrogen-bond donors (Lipinski definition) is 0. The summed E-state index contributed by atoms with van der Waals surface area (Å²) in [4.78, 5) is 6.78. The monoisotopic (exact) mass is 668 g/mol. The summed E-state index contributed by atoms with van der Waals surface area (Å²) in [6.45, 7) is 0. The van der Waals surface area contributed by atoms with Gasteiger partial charge in [-0.25, -0.2) is 8.42 Å². The zero-order valence-corrected chi connectivity index (χ0v) is 27.8. The second kappa shape index (κ2) is 10.7. The van der Waals surface area contributed by atoms with Crippen molar-refractivity contribution in [3.05, 3.63) is 169 Å². The number of sulfone groups is 1. The molecule has 0 fully saturated rings. The third-order valence-electron chi connectivity index (χ3n) is 9.82. The van der Waals surface area contributed by atoms with Crippen molar-refractivity contribution in [2.45, 2.75) is 20.1 Å². The Balaban J connectivity index is 1.18. The predicted molar refractivity (Wildman–Crippen MR) is 203 cm³/mol. The first-order valence-electron chi connectivity index (χ1n) is 16.3. The summed E-state index contributed by atoms with van der Waals surface area (Å²) < 4.78 is 29.2. The van der Waals surface area contributed by atoms with Crippen molar-refractivity contribution in [1.29, 1.82) is 0 Å². The van der Waals surface area contributed by atoms with Crippen LogP contribution in [-0.4, -0.2) is 8.42 Å². The van der Waals surface area contributed by atoms with Crippen molar-refractivity contribution in [2.75, 3.05) is 9.80 Å². The molecule has 4 nitrogen and oxygen atoms in total. The van der Waals surface area contributed by atoms with E-state index < -0.39 is 15.2 Å². The van der Waals surface area contributed by atoms with E-state index in [4.69, 9.17) is 0 Å². The molecular weight excluding hydrogens is 641 g/mol. The van der Waals surface area contributed by atoms with Gasteiger partial charge in [0, 0.05) is 21.2 Å². The van der Waals surface area contributed by atoms with Gasteiger partial charge in [0.2, 0.25) is 9.84 Å². The van der Waals surface area contributed by atoms with Gasteiger partial charge in [-0.1, -0.05) is 115 Å². The van der Waals surface area contributed by atoms with Crippen molar-refractivity contribution in [1.82, 2.24) is 0 Å². The van der Waals surface area contributed by atoms with Crippen LogP contribution in [0.2, 0.25) is 0 Å². The highest BCUT2D eigenvalue weighted by Gasteiger charge is 2.45. The second-order valence-electron chi connectivity index (χ2n) is 12.5. The number of para-hydroxylation sites is 3. The minimum atomic E-state index is -3.78. The smallest absolute Gasteiger partial charge is 0.206 e. The quantitative estimate of drug-likeness (QED) is 0.175.